The van der Waals surface area contributed by atoms with Gasteiger partial charge >= 0.3 is 0 Å². The number of methoxy groups -OCH3 is 1. The molecule has 0 spiro atoms. The molecule has 1 N–H and O–H groups in total. The second-order valence-corrected chi connectivity index (χ2v) is 7.57. The van der Waals surface area contributed by atoms with Gasteiger partial charge in [0.15, 0.2) is 11.5 Å². The minimum absolute atomic E-state index is 0.116. The van der Waals surface area contributed by atoms with Crippen molar-refractivity contribution in [2.75, 3.05) is 13.9 Å². The van der Waals surface area contributed by atoms with E-state index in [0.717, 1.165) is 16.9 Å². The zero-order valence-corrected chi connectivity index (χ0v) is 18.1. The zero-order chi connectivity index (χ0) is 22.8. The molecule has 0 bridgehead atoms. The largest absolute Gasteiger partial charge is 0.497 e. The molecular formula is C24H22N4O5. The number of benzene rings is 2. The molecule has 0 radical (unpaired) electrons. The Morgan fingerprint density at radius 1 is 1.15 bits per heavy atom. The van der Waals surface area contributed by atoms with Gasteiger partial charge in [0.25, 0.3) is 5.89 Å². The van der Waals surface area contributed by atoms with E-state index in [1.165, 1.54) is 0 Å². The van der Waals surface area contributed by atoms with Gasteiger partial charge in [-0.05, 0) is 55.0 Å². The van der Waals surface area contributed by atoms with Crippen LogP contribution in [-0.2, 0) is 11.3 Å². The van der Waals surface area contributed by atoms with Crippen LogP contribution in [0.2, 0.25) is 0 Å². The van der Waals surface area contributed by atoms with Crippen molar-refractivity contribution in [1.82, 2.24) is 20.0 Å². The lowest BCUT2D eigenvalue weighted by atomic mass is 10.1. The summed E-state index contributed by atoms with van der Waals surface area (Å²) in [5.74, 6) is 2.72. The number of rotatable bonds is 7. The molecule has 3 heterocycles. The van der Waals surface area contributed by atoms with Gasteiger partial charge in [-0.2, -0.15) is 4.98 Å². The minimum Gasteiger partial charge on any atom is -0.497 e. The van der Waals surface area contributed by atoms with Crippen LogP contribution in [-0.4, -0.2) is 34.5 Å². The normalized spacial score (nSPS) is 13.0. The van der Waals surface area contributed by atoms with Crippen LogP contribution in [0, 0.1) is 0 Å². The first-order valence-corrected chi connectivity index (χ1v) is 10.4. The van der Waals surface area contributed by atoms with Crippen LogP contribution < -0.4 is 19.5 Å². The topological polar surface area (TPSA) is 101 Å². The molecule has 9 nitrogen and oxygen atoms in total. The summed E-state index contributed by atoms with van der Waals surface area (Å²) in [5.41, 5.74) is 2.39. The maximum atomic E-state index is 12.7. The van der Waals surface area contributed by atoms with Crippen molar-refractivity contribution in [3.8, 4) is 40.2 Å². The van der Waals surface area contributed by atoms with E-state index in [-0.39, 0.29) is 25.3 Å². The summed E-state index contributed by atoms with van der Waals surface area (Å²) in [6.07, 6.45) is 1.80. The van der Waals surface area contributed by atoms with E-state index in [9.17, 15) is 4.79 Å². The van der Waals surface area contributed by atoms with Crippen molar-refractivity contribution in [3.05, 3.63) is 66.4 Å². The van der Waals surface area contributed by atoms with Gasteiger partial charge in [0.1, 0.15) is 18.0 Å². The van der Waals surface area contributed by atoms with Crippen LogP contribution in [0.5, 0.6) is 17.2 Å². The molecule has 0 saturated heterocycles. The van der Waals surface area contributed by atoms with Crippen LogP contribution in [0.4, 0.5) is 0 Å². The number of ether oxygens (including phenoxy) is 3. The van der Waals surface area contributed by atoms with E-state index in [2.05, 4.69) is 15.5 Å². The first-order chi connectivity index (χ1) is 16.1. The Morgan fingerprint density at radius 3 is 2.79 bits per heavy atom. The third-order valence-corrected chi connectivity index (χ3v) is 5.41. The second kappa shape index (κ2) is 8.70. The summed E-state index contributed by atoms with van der Waals surface area (Å²) in [5, 5.41) is 7.10. The molecule has 168 valence electrons. The molecule has 1 aliphatic rings. The Hall–Kier alpha value is -4.27. The van der Waals surface area contributed by atoms with Gasteiger partial charge in [-0.3, -0.25) is 4.79 Å². The zero-order valence-electron chi connectivity index (χ0n) is 18.1. The highest BCUT2D eigenvalue weighted by atomic mass is 16.7. The second-order valence-electron chi connectivity index (χ2n) is 7.57. The van der Waals surface area contributed by atoms with Crippen molar-refractivity contribution >= 4 is 5.91 Å². The highest BCUT2D eigenvalue weighted by Crippen LogP contribution is 2.35. The summed E-state index contributed by atoms with van der Waals surface area (Å²) in [7, 11) is 1.62. The van der Waals surface area contributed by atoms with Crippen LogP contribution in [0.25, 0.3) is 23.0 Å². The minimum atomic E-state index is -0.150. The summed E-state index contributed by atoms with van der Waals surface area (Å²) in [4.78, 5) is 17.2. The van der Waals surface area contributed by atoms with Gasteiger partial charge in [-0.15, -0.1) is 0 Å². The van der Waals surface area contributed by atoms with Gasteiger partial charge in [0.2, 0.25) is 18.5 Å². The lowest BCUT2D eigenvalue weighted by Crippen LogP contribution is -2.30. The van der Waals surface area contributed by atoms with Gasteiger partial charge < -0.3 is 28.6 Å². The highest BCUT2D eigenvalue weighted by Gasteiger charge is 2.19. The molecule has 1 atom stereocenters. The number of nitrogens with zero attached hydrogens (tertiary/aromatic N) is 3. The number of amides is 1. The van der Waals surface area contributed by atoms with Gasteiger partial charge in [0, 0.05) is 11.8 Å². The summed E-state index contributed by atoms with van der Waals surface area (Å²) in [6, 6.07) is 16.6. The van der Waals surface area contributed by atoms with Crippen molar-refractivity contribution in [3.63, 3.8) is 0 Å². The van der Waals surface area contributed by atoms with E-state index >= 15 is 0 Å². The number of carbonyl (C=O) groups excluding carboxylic acids is 1. The standard InChI is InChI=1S/C24H22N4O5/c1-15(16-5-8-18(30-2)9-6-16)25-22(29)13-28-11-3-4-19(28)24-26-23(27-33-24)17-7-10-20-21(12-17)32-14-31-20/h3-12,15H,13-14H2,1-2H3,(H,25,29)/t15-/m0/s1. The molecule has 33 heavy (non-hydrogen) atoms. The maximum absolute atomic E-state index is 12.7. The quantitative estimate of drug-likeness (QED) is 0.461. The van der Waals surface area contributed by atoms with Gasteiger partial charge in [0.05, 0.1) is 13.2 Å². The van der Waals surface area contributed by atoms with Crippen molar-refractivity contribution in [2.45, 2.75) is 19.5 Å². The van der Waals surface area contributed by atoms with Crippen molar-refractivity contribution < 1.29 is 23.5 Å². The van der Waals surface area contributed by atoms with Crippen molar-refractivity contribution in [2.24, 2.45) is 0 Å². The maximum Gasteiger partial charge on any atom is 0.274 e. The Bertz CT molecular complexity index is 1280. The third-order valence-electron chi connectivity index (χ3n) is 5.41. The average Bonchev–Trinajstić information content (AvgIpc) is 3.58. The smallest absolute Gasteiger partial charge is 0.274 e. The predicted octanol–water partition coefficient (Wildman–Crippen LogP) is 3.82. The number of hydrogen-bond acceptors (Lipinski definition) is 7. The Balaban J connectivity index is 1.28. The van der Waals surface area contributed by atoms with Gasteiger partial charge in [-0.25, -0.2) is 0 Å². The Labute approximate surface area is 189 Å². The molecule has 0 unspecified atom stereocenters. The summed E-state index contributed by atoms with van der Waals surface area (Å²) >= 11 is 0. The molecule has 9 heteroatoms. The molecule has 0 aliphatic carbocycles. The first kappa shape index (κ1) is 20.6. The molecule has 2 aromatic carbocycles. The average molecular weight is 446 g/mol. The molecule has 1 aliphatic heterocycles. The van der Waals surface area contributed by atoms with Crippen LogP contribution in [0.1, 0.15) is 18.5 Å². The van der Waals surface area contributed by atoms with Crippen LogP contribution >= 0.6 is 0 Å². The third kappa shape index (κ3) is 4.25. The predicted molar refractivity (Wildman–Crippen MR) is 119 cm³/mol. The summed E-state index contributed by atoms with van der Waals surface area (Å²) < 4.78 is 23.2. The fraction of sp³-hybridized carbons (Fsp3) is 0.208. The number of hydrogen-bond donors (Lipinski definition) is 1. The molecular weight excluding hydrogens is 424 g/mol. The lowest BCUT2D eigenvalue weighted by molar-refractivity contribution is -0.122. The number of fused-ring (bicyclic) bond motifs is 1. The van der Waals surface area contributed by atoms with Crippen LogP contribution in [0.15, 0.2) is 65.3 Å². The molecule has 0 fully saturated rings. The number of aromatic nitrogens is 3. The van der Waals surface area contributed by atoms with E-state index in [1.54, 1.807) is 17.9 Å². The molecule has 1 amide bonds. The SMILES string of the molecule is COc1ccc([C@H](C)NC(=O)Cn2cccc2-c2nc(-c3ccc4c(c3)OCO4)no2)cc1. The van der Waals surface area contributed by atoms with E-state index < -0.39 is 0 Å². The first-order valence-electron chi connectivity index (χ1n) is 10.4. The molecule has 5 rings (SSSR count). The van der Waals surface area contributed by atoms with Crippen LogP contribution in [0.3, 0.4) is 0 Å². The van der Waals surface area contributed by atoms with Crippen molar-refractivity contribution in [1.29, 1.82) is 0 Å². The number of carbonyl (C=O) groups is 1. The Kier molecular flexibility index (Phi) is 5.43. The van der Waals surface area contributed by atoms with E-state index in [1.807, 2.05) is 61.5 Å². The molecule has 2 aromatic heterocycles. The number of nitrogens with one attached hydrogen (secondary N) is 1. The van der Waals surface area contributed by atoms with E-state index in [4.69, 9.17) is 18.7 Å². The van der Waals surface area contributed by atoms with E-state index in [0.29, 0.717) is 28.9 Å². The fourth-order valence-electron chi connectivity index (χ4n) is 3.64. The lowest BCUT2D eigenvalue weighted by Gasteiger charge is -2.15. The van der Waals surface area contributed by atoms with Gasteiger partial charge in [-0.1, -0.05) is 17.3 Å². The highest BCUT2D eigenvalue weighted by molar-refractivity contribution is 5.77. The monoisotopic (exact) mass is 446 g/mol. The fourth-order valence-corrected chi connectivity index (χ4v) is 3.64. The molecule has 0 saturated carbocycles. The molecule has 4 aromatic rings. The summed E-state index contributed by atoms with van der Waals surface area (Å²) in [6.45, 7) is 2.25. The Morgan fingerprint density at radius 2 is 1.97 bits per heavy atom.